The van der Waals surface area contributed by atoms with Crippen LogP contribution in [0.25, 0.3) is 0 Å². The zero-order valence-electron chi connectivity index (χ0n) is 3.98. The minimum absolute atomic E-state index is 0. The van der Waals surface area contributed by atoms with Crippen molar-refractivity contribution in [2.75, 3.05) is 5.33 Å². The third-order valence-electron chi connectivity index (χ3n) is 0.428. The molecule has 3 heteroatoms. The average molecular weight is 239 g/mol. The number of carbonyl (C=O) groups is 1. The van der Waals surface area contributed by atoms with E-state index in [-0.39, 0.29) is 38.5 Å². The molecule has 0 saturated heterocycles. The first-order valence-electron chi connectivity index (χ1n) is 1.68. The van der Waals surface area contributed by atoms with Gasteiger partial charge in [0.15, 0.2) is 0 Å². The third kappa shape index (κ3) is 7.25. The second-order valence-electron chi connectivity index (χ2n) is 0.922. The minimum atomic E-state index is 0. The average Bonchev–Trinajstić information content (AvgIpc) is 1.65. The summed E-state index contributed by atoms with van der Waals surface area (Å²) < 4.78 is 0. The maximum Gasteiger partial charge on any atom is 0.113 e. The first-order chi connectivity index (χ1) is 2.81. The first kappa shape index (κ1) is 11.1. The van der Waals surface area contributed by atoms with E-state index in [1.807, 2.05) is 0 Å². The molecule has 0 saturated carbocycles. The topological polar surface area (TPSA) is 17.1 Å². The van der Waals surface area contributed by atoms with Crippen LogP contribution in [0.1, 0.15) is 6.42 Å². The summed E-state index contributed by atoms with van der Waals surface area (Å²) >= 11 is 2.99. The quantitative estimate of drug-likeness (QED) is 0.522. The Balaban J connectivity index is 0. The molecule has 39 valence electrons. The van der Waals surface area contributed by atoms with Crippen LogP contribution in [-0.2, 0) is 37.5 Å². The van der Waals surface area contributed by atoms with Crippen LogP contribution in [0.3, 0.4) is 0 Å². The molecule has 1 radical (unpaired) electrons. The van der Waals surface area contributed by atoms with Crippen molar-refractivity contribution in [3.8, 4) is 0 Å². The number of rotatable bonds is 2. The number of alkyl halides is 1. The number of hydrogen-bond acceptors (Lipinski definition) is 1. The Kier molecular flexibility index (Phi) is 11.5. The van der Waals surface area contributed by atoms with Gasteiger partial charge in [0.25, 0.3) is 0 Å². The molecule has 0 amide bonds. The van der Waals surface area contributed by atoms with E-state index in [1.54, 1.807) is 0 Å². The van der Waals surface area contributed by atoms with Crippen LogP contribution in [0.2, 0.25) is 0 Å². The molecule has 7 heavy (non-hydrogen) atoms. The van der Waals surface area contributed by atoms with Gasteiger partial charge in [0.1, 0.15) is 5.78 Å². The maximum absolute atomic E-state index is 10.1. The molecular formula is C4H6BrOY-. The van der Waals surface area contributed by atoms with Crippen molar-refractivity contribution in [1.82, 2.24) is 0 Å². The fourth-order valence-corrected chi connectivity index (χ4v) is 0.347. The summed E-state index contributed by atoms with van der Waals surface area (Å²) in [4.78, 5) is 10.1. The van der Waals surface area contributed by atoms with Gasteiger partial charge >= 0.3 is 0 Å². The van der Waals surface area contributed by atoms with Gasteiger partial charge in [0.05, 0.1) is 5.33 Å². The SMILES string of the molecule is [CH2-]CC(=O)CBr.[Y]. The second kappa shape index (κ2) is 7.25. The number of halogens is 1. The normalized spacial score (nSPS) is 7.14. The van der Waals surface area contributed by atoms with Crippen molar-refractivity contribution in [1.29, 1.82) is 0 Å². The Bertz CT molecular complexity index is 49.7. The monoisotopic (exact) mass is 238 g/mol. The van der Waals surface area contributed by atoms with Crippen LogP contribution in [-0.4, -0.2) is 11.1 Å². The van der Waals surface area contributed by atoms with Crippen molar-refractivity contribution >= 4 is 21.7 Å². The summed E-state index contributed by atoms with van der Waals surface area (Å²) in [6, 6.07) is 0. The Morgan fingerprint density at radius 3 is 2.14 bits per heavy atom. The molecule has 0 aromatic heterocycles. The molecule has 0 aromatic carbocycles. The van der Waals surface area contributed by atoms with E-state index in [1.165, 1.54) is 0 Å². The number of hydrogen-bond donors (Lipinski definition) is 0. The van der Waals surface area contributed by atoms with Crippen LogP contribution in [0, 0.1) is 6.92 Å². The number of ketones is 1. The molecule has 1 nitrogen and oxygen atoms in total. The van der Waals surface area contributed by atoms with Gasteiger partial charge < -0.3 is 11.7 Å². The van der Waals surface area contributed by atoms with E-state index in [4.69, 9.17) is 0 Å². The van der Waals surface area contributed by atoms with Gasteiger partial charge in [-0.2, -0.15) is 0 Å². The molecule has 0 bridgehead atoms. The summed E-state index contributed by atoms with van der Waals surface area (Å²) in [5, 5.41) is 0.441. The fraction of sp³-hybridized carbons (Fsp3) is 0.500. The first-order valence-corrected chi connectivity index (χ1v) is 2.80. The number of Topliss-reactive ketones (excluding diaryl/α,β-unsaturated/α-hetero) is 1. The van der Waals surface area contributed by atoms with Gasteiger partial charge in [-0.15, -0.1) is 6.42 Å². The van der Waals surface area contributed by atoms with E-state index >= 15 is 0 Å². The largest absolute Gasteiger partial charge is 0.336 e. The van der Waals surface area contributed by atoms with Gasteiger partial charge in [-0.25, -0.2) is 0 Å². The Morgan fingerprint density at radius 1 is 1.71 bits per heavy atom. The summed E-state index contributed by atoms with van der Waals surface area (Å²) in [6.07, 6.45) is 0.394. The molecule has 0 fully saturated rings. The van der Waals surface area contributed by atoms with Gasteiger partial charge in [0.2, 0.25) is 0 Å². The molecule has 0 atom stereocenters. The Morgan fingerprint density at radius 2 is 2.14 bits per heavy atom. The molecule has 0 spiro atoms. The van der Waals surface area contributed by atoms with E-state index in [9.17, 15) is 4.79 Å². The van der Waals surface area contributed by atoms with Crippen molar-refractivity contribution in [2.45, 2.75) is 6.42 Å². The molecule has 0 N–H and O–H groups in total. The van der Waals surface area contributed by atoms with Gasteiger partial charge in [-0.05, 0) is 0 Å². The molecular weight excluding hydrogens is 233 g/mol. The molecule has 0 heterocycles. The van der Waals surface area contributed by atoms with E-state index in [0.29, 0.717) is 11.8 Å². The smallest absolute Gasteiger partial charge is 0.113 e. The van der Waals surface area contributed by atoms with Crippen LogP contribution >= 0.6 is 15.9 Å². The van der Waals surface area contributed by atoms with Crippen molar-refractivity contribution in [2.24, 2.45) is 0 Å². The van der Waals surface area contributed by atoms with Gasteiger partial charge in [0, 0.05) is 32.7 Å². The molecule has 0 rings (SSSR count). The zero-order valence-corrected chi connectivity index (χ0v) is 8.41. The summed E-state index contributed by atoms with van der Waals surface area (Å²) in [6.45, 7) is 3.38. The molecule has 0 aliphatic rings. The third-order valence-corrected chi connectivity index (χ3v) is 1.05. The Labute approximate surface area is 77.2 Å². The van der Waals surface area contributed by atoms with Gasteiger partial charge in [-0.3, -0.25) is 0 Å². The van der Waals surface area contributed by atoms with Crippen molar-refractivity contribution in [3.63, 3.8) is 0 Å². The molecule has 0 aliphatic heterocycles. The van der Waals surface area contributed by atoms with Gasteiger partial charge in [-0.1, -0.05) is 15.9 Å². The second-order valence-corrected chi connectivity index (χ2v) is 1.48. The Hall–Kier alpha value is 1.25. The predicted octanol–water partition coefficient (Wildman–Crippen LogP) is 1.17. The van der Waals surface area contributed by atoms with Crippen LogP contribution in [0.4, 0.5) is 0 Å². The molecule has 0 aliphatic carbocycles. The minimum Gasteiger partial charge on any atom is -0.336 e. The van der Waals surface area contributed by atoms with Crippen molar-refractivity contribution < 1.29 is 37.5 Å². The summed E-state index contributed by atoms with van der Waals surface area (Å²) in [5.74, 6) is 0.148. The van der Waals surface area contributed by atoms with E-state index in [0.717, 1.165) is 0 Å². The van der Waals surface area contributed by atoms with Crippen LogP contribution < -0.4 is 0 Å². The summed E-state index contributed by atoms with van der Waals surface area (Å²) in [7, 11) is 0. The molecule has 0 unspecified atom stereocenters. The standard InChI is InChI=1S/C4H6BrO.Y/c1-2-4(6)3-5;/h1-3H2;/q-1;. The molecule has 0 aromatic rings. The van der Waals surface area contributed by atoms with E-state index in [2.05, 4.69) is 22.9 Å². The zero-order chi connectivity index (χ0) is 4.99. The predicted molar refractivity (Wildman–Crippen MR) is 28.8 cm³/mol. The van der Waals surface area contributed by atoms with Crippen molar-refractivity contribution in [3.05, 3.63) is 6.92 Å². The fourth-order valence-electron chi connectivity index (χ4n) is 0.0668. The summed E-state index contributed by atoms with van der Waals surface area (Å²) in [5.41, 5.74) is 0. The van der Waals surface area contributed by atoms with Crippen LogP contribution in [0.5, 0.6) is 0 Å². The maximum atomic E-state index is 10.1. The van der Waals surface area contributed by atoms with Crippen LogP contribution in [0.15, 0.2) is 0 Å². The number of carbonyl (C=O) groups excluding carboxylic acids is 1. The van der Waals surface area contributed by atoms with E-state index < -0.39 is 0 Å².